The van der Waals surface area contributed by atoms with Crippen LogP contribution in [0.4, 0.5) is 0 Å². The van der Waals surface area contributed by atoms with Crippen LogP contribution in [0.1, 0.15) is 51.9 Å². The van der Waals surface area contributed by atoms with Gasteiger partial charge in [-0.1, -0.05) is 26.2 Å². The molecule has 0 aromatic rings. The van der Waals surface area contributed by atoms with Gasteiger partial charge in [-0.25, -0.2) is 0 Å². The maximum Gasteiger partial charge on any atom is 0.0226 e. The number of likely N-dealkylation sites (N-methyl/N-ethyl adjacent to an activating group) is 1. The molecule has 3 rings (SSSR count). The third kappa shape index (κ3) is 2.46. The lowest BCUT2D eigenvalue weighted by molar-refractivity contribution is 0.123. The lowest BCUT2D eigenvalue weighted by Gasteiger charge is -2.38. The maximum atomic E-state index is 3.80. The van der Waals surface area contributed by atoms with E-state index >= 15 is 0 Å². The van der Waals surface area contributed by atoms with E-state index < -0.39 is 0 Å². The smallest absolute Gasteiger partial charge is 0.0226 e. The lowest BCUT2D eigenvalue weighted by Crippen LogP contribution is -2.46. The van der Waals surface area contributed by atoms with Crippen LogP contribution in [0.5, 0.6) is 0 Å². The molecule has 1 aliphatic heterocycles. The molecule has 2 heteroatoms. The number of fused-ring (bicyclic) bond motifs is 1. The minimum atomic E-state index is 0.789. The molecular formula is C16H30N2. The second-order valence-electron chi connectivity index (χ2n) is 7.14. The minimum absolute atomic E-state index is 0.789. The van der Waals surface area contributed by atoms with Crippen molar-refractivity contribution in [3.05, 3.63) is 0 Å². The molecule has 3 aliphatic rings. The molecule has 0 aromatic heterocycles. The predicted octanol–water partition coefficient (Wildman–Crippen LogP) is 2.89. The molecule has 0 aromatic carbocycles. The van der Waals surface area contributed by atoms with Crippen LogP contribution >= 0.6 is 0 Å². The summed E-state index contributed by atoms with van der Waals surface area (Å²) in [4.78, 5) is 2.68. The van der Waals surface area contributed by atoms with Crippen molar-refractivity contribution in [3.63, 3.8) is 0 Å². The Hall–Kier alpha value is -0.0800. The summed E-state index contributed by atoms with van der Waals surface area (Å²) in [7, 11) is 2.37. The van der Waals surface area contributed by atoms with Gasteiger partial charge in [-0.15, -0.1) is 0 Å². The van der Waals surface area contributed by atoms with Crippen molar-refractivity contribution >= 4 is 0 Å². The van der Waals surface area contributed by atoms with Crippen molar-refractivity contribution < 1.29 is 0 Å². The van der Waals surface area contributed by atoms with E-state index in [0.29, 0.717) is 0 Å². The molecule has 2 aliphatic carbocycles. The van der Waals surface area contributed by atoms with Gasteiger partial charge in [-0.05, 0) is 57.0 Å². The third-order valence-electron chi connectivity index (χ3n) is 5.99. The van der Waals surface area contributed by atoms with Crippen molar-refractivity contribution in [2.24, 2.45) is 17.8 Å². The first-order valence-corrected chi connectivity index (χ1v) is 8.19. The van der Waals surface area contributed by atoms with E-state index in [4.69, 9.17) is 0 Å². The van der Waals surface area contributed by atoms with Gasteiger partial charge in [-0.3, -0.25) is 0 Å². The van der Waals surface area contributed by atoms with Crippen molar-refractivity contribution in [1.82, 2.24) is 10.2 Å². The van der Waals surface area contributed by atoms with Crippen molar-refractivity contribution in [2.75, 3.05) is 20.1 Å². The number of hydrogen-bond donors (Lipinski definition) is 1. The Morgan fingerprint density at radius 3 is 2.72 bits per heavy atom. The van der Waals surface area contributed by atoms with E-state index in [-0.39, 0.29) is 0 Å². The van der Waals surface area contributed by atoms with Gasteiger partial charge in [-0.2, -0.15) is 0 Å². The third-order valence-corrected chi connectivity index (χ3v) is 5.99. The van der Waals surface area contributed by atoms with E-state index in [1.807, 2.05) is 0 Å². The molecule has 0 bridgehead atoms. The Labute approximate surface area is 113 Å². The minimum Gasteiger partial charge on any atom is -0.312 e. The summed E-state index contributed by atoms with van der Waals surface area (Å²) in [5.74, 6) is 2.91. The highest BCUT2D eigenvalue weighted by atomic mass is 15.2. The Morgan fingerprint density at radius 2 is 1.89 bits per heavy atom. The Kier molecular flexibility index (Phi) is 3.95. The molecule has 1 saturated heterocycles. The zero-order valence-corrected chi connectivity index (χ0v) is 12.2. The topological polar surface area (TPSA) is 15.3 Å². The first-order valence-electron chi connectivity index (χ1n) is 8.19. The number of hydrogen-bond acceptors (Lipinski definition) is 2. The van der Waals surface area contributed by atoms with Gasteiger partial charge in [0.2, 0.25) is 0 Å². The van der Waals surface area contributed by atoms with Crippen LogP contribution in [0.15, 0.2) is 0 Å². The van der Waals surface area contributed by atoms with Gasteiger partial charge < -0.3 is 10.2 Å². The zero-order chi connectivity index (χ0) is 12.5. The number of nitrogens with one attached hydrogen (secondary N) is 1. The fourth-order valence-electron chi connectivity index (χ4n) is 4.90. The Balaban J connectivity index is 1.55. The molecule has 0 amide bonds. The van der Waals surface area contributed by atoms with Gasteiger partial charge in [0.15, 0.2) is 0 Å². The highest BCUT2D eigenvalue weighted by Gasteiger charge is 2.39. The van der Waals surface area contributed by atoms with Crippen molar-refractivity contribution in [2.45, 2.75) is 64.0 Å². The summed E-state index contributed by atoms with van der Waals surface area (Å²) in [6.45, 7) is 5.04. The molecule has 0 radical (unpaired) electrons. The number of rotatable bonds is 3. The molecule has 1 heterocycles. The van der Waals surface area contributed by atoms with Crippen LogP contribution in [-0.2, 0) is 0 Å². The zero-order valence-electron chi connectivity index (χ0n) is 12.2. The van der Waals surface area contributed by atoms with E-state index in [1.165, 1.54) is 58.0 Å². The van der Waals surface area contributed by atoms with E-state index in [2.05, 4.69) is 24.2 Å². The first-order chi connectivity index (χ1) is 8.75. The van der Waals surface area contributed by atoms with E-state index in [1.54, 1.807) is 0 Å². The summed E-state index contributed by atoms with van der Waals surface area (Å²) in [6.07, 6.45) is 10.2. The summed E-state index contributed by atoms with van der Waals surface area (Å²) in [6, 6.07) is 1.64. The standard InChI is InChI=1S/C16H30N2/c1-12-6-3-4-9-16(12)18(2)11-15-14-8-5-7-13(14)10-17-15/h12-17H,3-11H2,1-2H3. The van der Waals surface area contributed by atoms with Gasteiger partial charge in [0.1, 0.15) is 0 Å². The van der Waals surface area contributed by atoms with Crippen LogP contribution in [0.2, 0.25) is 0 Å². The highest BCUT2D eigenvalue weighted by Crippen LogP contribution is 2.38. The van der Waals surface area contributed by atoms with Gasteiger partial charge in [0.05, 0.1) is 0 Å². The molecule has 18 heavy (non-hydrogen) atoms. The van der Waals surface area contributed by atoms with E-state index in [9.17, 15) is 0 Å². The predicted molar refractivity (Wildman–Crippen MR) is 76.7 cm³/mol. The molecule has 0 spiro atoms. The van der Waals surface area contributed by atoms with Crippen LogP contribution in [0.3, 0.4) is 0 Å². The summed E-state index contributed by atoms with van der Waals surface area (Å²) in [5, 5.41) is 3.80. The molecule has 3 fully saturated rings. The second kappa shape index (κ2) is 5.50. The monoisotopic (exact) mass is 250 g/mol. The summed E-state index contributed by atoms with van der Waals surface area (Å²) >= 11 is 0. The van der Waals surface area contributed by atoms with Crippen molar-refractivity contribution in [1.29, 1.82) is 0 Å². The molecular weight excluding hydrogens is 220 g/mol. The van der Waals surface area contributed by atoms with Crippen LogP contribution < -0.4 is 5.32 Å². The SMILES string of the molecule is CC1CCCCC1N(C)CC1NCC2CCCC21. The number of nitrogens with zero attached hydrogens (tertiary/aromatic N) is 1. The summed E-state index contributed by atoms with van der Waals surface area (Å²) in [5.41, 5.74) is 0. The molecule has 5 unspecified atom stereocenters. The second-order valence-corrected chi connectivity index (χ2v) is 7.14. The largest absolute Gasteiger partial charge is 0.312 e. The van der Waals surface area contributed by atoms with Crippen LogP contribution in [0.25, 0.3) is 0 Å². The average molecular weight is 250 g/mol. The first kappa shape index (κ1) is 12.9. The normalized spacial score (nSPS) is 44.5. The Morgan fingerprint density at radius 1 is 1.06 bits per heavy atom. The lowest BCUT2D eigenvalue weighted by atomic mass is 9.84. The molecule has 2 nitrogen and oxygen atoms in total. The quantitative estimate of drug-likeness (QED) is 0.828. The molecule has 5 atom stereocenters. The highest BCUT2D eigenvalue weighted by molar-refractivity contribution is 4.96. The van der Waals surface area contributed by atoms with Gasteiger partial charge in [0.25, 0.3) is 0 Å². The van der Waals surface area contributed by atoms with E-state index in [0.717, 1.165) is 29.8 Å². The fourth-order valence-corrected chi connectivity index (χ4v) is 4.90. The van der Waals surface area contributed by atoms with Crippen molar-refractivity contribution in [3.8, 4) is 0 Å². The van der Waals surface area contributed by atoms with Gasteiger partial charge in [0, 0.05) is 18.6 Å². The summed E-state index contributed by atoms with van der Waals surface area (Å²) < 4.78 is 0. The Bertz CT molecular complexity index is 278. The van der Waals surface area contributed by atoms with Gasteiger partial charge >= 0.3 is 0 Å². The van der Waals surface area contributed by atoms with Crippen LogP contribution in [-0.4, -0.2) is 37.1 Å². The molecule has 104 valence electrons. The average Bonchev–Trinajstić information content (AvgIpc) is 2.94. The fraction of sp³-hybridized carbons (Fsp3) is 1.00. The maximum absolute atomic E-state index is 3.80. The molecule has 2 saturated carbocycles. The van der Waals surface area contributed by atoms with Crippen LogP contribution in [0, 0.1) is 17.8 Å². The molecule has 1 N–H and O–H groups in total.